The number of amides is 1. The summed E-state index contributed by atoms with van der Waals surface area (Å²) in [6.45, 7) is 1.43. The average Bonchev–Trinajstić information content (AvgIpc) is 2.61. The minimum absolute atomic E-state index is 0.106. The van der Waals surface area contributed by atoms with Crippen molar-refractivity contribution in [2.75, 3.05) is 0 Å². The topological polar surface area (TPSA) is 66.4 Å². The van der Waals surface area contributed by atoms with E-state index in [0.717, 1.165) is 6.42 Å². The van der Waals surface area contributed by atoms with Crippen molar-refractivity contribution in [3.05, 3.63) is 12.2 Å². The highest BCUT2D eigenvalue weighted by Gasteiger charge is 2.48. The van der Waals surface area contributed by atoms with Crippen molar-refractivity contribution in [3.63, 3.8) is 0 Å². The molecule has 76 valence electrons. The number of fused-ring (bicyclic) bond motifs is 2. The Morgan fingerprint density at radius 1 is 1.36 bits per heavy atom. The molecule has 0 radical (unpaired) electrons. The maximum Gasteiger partial charge on any atom is 0.309 e. The summed E-state index contributed by atoms with van der Waals surface area (Å²) in [6.07, 6.45) is 4.84. The van der Waals surface area contributed by atoms with E-state index >= 15 is 0 Å². The zero-order chi connectivity index (χ0) is 10.3. The van der Waals surface area contributed by atoms with E-state index in [1.807, 2.05) is 12.2 Å². The third-order valence-corrected chi connectivity index (χ3v) is 3.11. The van der Waals surface area contributed by atoms with Crippen LogP contribution in [-0.4, -0.2) is 23.0 Å². The molecule has 1 amide bonds. The highest BCUT2D eigenvalue weighted by Crippen LogP contribution is 2.43. The summed E-state index contributed by atoms with van der Waals surface area (Å²) in [5.41, 5.74) is 0. The number of carbonyl (C=O) groups is 2. The number of allylic oxidation sites excluding steroid dienone is 1. The number of carboxylic acid groups (broad SMARTS) is 1. The molecule has 0 aromatic heterocycles. The van der Waals surface area contributed by atoms with Gasteiger partial charge in [-0.3, -0.25) is 9.59 Å². The molecule has 0 aliphatic heterocycles. The van der Waals surface area contributed by atoms with Gasteiger partial charge in [0.1, 0.15) is 0 Å². The fraction of sp³-hybridized carbons (Fsp3) is 0.600. The molecule has 14 heavy (non-hydrogen) atoms. The van der Waals surface area contributed by atoms with Crippen LogP contribution in [0.2, 0.25) is 0 Å². The van der Waals surface area contributed by atoms with Gasteiger partial charge in [-0.05, 0) is 18.3 Å². The molecule has 4 atom stereocenters. The smallest absolute Gasteiger partial charge is 0.309 e. The Morgan fingerprint density at radius 3 is 2.57 bits per heavy atom. The maximum atomic E-state index is 11.0. The van der Waals surface area contributed by atoms with Crippen LogP contribution in [-0.2, 0) is 9.59 Å². The van der Waals surface area contributed by atoms with E-state index in [2.05, 4.69) is 5.32 Å². The fourth-order valence-corrected chi connectivity index (χ4v) is 2.59. The third-order valence-electron chi connectivity index (χ3n) is 3.11. The number of carbonyl (C=O) groups excluding carboxylic acids is 1. The molecular formula is C10H13NO3. The second-order valence-electron chi connectivity index (χ2n) is 4.04. The lowest BCUT2D eigenvalue weighted by Gasteiger charge is -2.25. The molecule has 2 N–H and O–H groups in total. The molecule has 0 aromatic carbocycles. The van der Waals surface area contributed by atoms with Gasteiger partial charge in [-0.1, -0.05) is 12.2 Å². The van der Waals surface area contributed by atoms with Crippen molar-refractivity contribution in [2.45, 2.75) is 19.4 Å². The monoisotopic (exact) mass is 195 g/mol. The van der Waals surface area contributed by atoms with Crippen molar-refractivity contribution in [3.8, 4) is 0 Å². The summed E-state index contributed by atoms with van der Waals surface area (Å²) in [7, 11) is 0. The van der Waals surface area contributed by atoms with E-state index in [4.69, 9.17) is 5.11 Å². The van der Waals surface area contributed by atoms with Crippen LogP contribution in [0.15, 0.2) is 12.2 Å². The molecule has 0 heterocycles. The van der Waals surface area contributed by atoms with Gasteiger partial charge in [-0.15, -0.1) is 0 Å². The molecule has 2 aliphatic rings. The first-order valence-corrected chi connectivity index (χ1v) is 4.78. The summed E-state index contributed by atoms with van der Waals surface area (Å²) in [5.74, 6) is -1.07. The number of hydrogen-bond donors (Lipinski definition) is 2. The Morgan fingerprint density at radius 2 is 2.00 bits per heavy atom. The third kappa shape index (κ3) is 1.31. The van der Waals surface area contributed by atoms with Crippen LogP contribution >= 0.6 is 0 Å². The van der Waals surface area contributed by atoms with E-state index in [-0.39, 0.29) is 23.8 Å². The number of carboxylic acids is 1. The molecular weight excluding hydrogens is 182 g/mol. The Labute approximate surface area is 82.0 Å². The van der Waals surface area contributed by atoms with Crippen LogP contribution in [0.5, 0.6) is 0 Å². The first-order valence-electron chi connectivity index (χ1n) is 4.78. The molecule has 2 bridgehead atoms. The standard InChI is InChI=1S/C10H13NO3/c1-5(12)11-9-7-3-2-6(4-7)8(9)10(13)14/h2-3,6-9H,4H2,1H3,(H,11,12)(H,13,14)/t6?,7?,8-,9-/m1/s1. The second kappa shape index (κ2) is 3.12. The van der Waals surface area contributed by atoms with Crippen molar-refractivity contribution >= 4 is 11.9 Å². The van der Waals surface area contributed by atoms with Gasteiger partial charge in [-0.25, -0.2) is 0 Å². The lowest BCUT2D eigenvalue weighted by molar-refractivity contribution is -0.143. The van der Waals surface area contributed by atoms with Gasteiger partial charge in [-0.2, -0.15) is 0 Å². The predicted molar refractivity (Wildman–Crippen MR) is 49.5 cm³/mol. The van der Waals surface area contributed by atoms with Crippen LogP contribution in [0.4, 0.5) is 0 Å². The molecule has 0 spiro atoms. The van der Waals surface area contributed by atoms with Gasteiger partial charge in [0.2, 0.25) is 5.91 Å². The summed E-state index contributed by atoms with van der Waals surface area (Å²) >= 11 is 0. The molecule has 4 heteroatoms. The largest absolute Gasteiger partial charge is 0.481 e. The number of hydrogen-bond acceptors (Lipinski definition) is 2. The fourth-order valence-electron chi connectivity index (χ4n) is 2.59. The van der Waals surface area contributed by atoms with Gasteiger partial charge < -0.3 is 10.4 Å². The summed E-state index contributed by atoms with van der Waals surface area (Å²) < 4.78 is 0. The predicted octanol–water partition coefficient (Wildman–Crippen LogP) is 0.398. The highest BCUT2D eigenvalue weighted by molar-refractivity contribution is 5.77. The lowest BCUT2D eigenvalue weighted by Crippen LogP contribution is -2.44. The van der Waals surface area contributed by atoms with Gasteiger partial charge >= 0.3 is 5.97 Å². The molecule has 0 saturated heterocycles. The van der Waals surface area contributed by atoms with Crippen LogP contribution < -0.4 is 5.32 Å². The van der Waals surface area contributed by atoms with E-state index < -0.39 is 11.9 Å². The van der Waals surface area contributed by atoms with Crippen molar-refractivity contribution in [1.82, 2.24) is 5.32 Å². The minimum Gasteiger partial charge on any atom is -0.481 e. The second-order valence-corrected chi connectivity index (χ2v) is 4.04. The van der Waals surface area contributed by atoms with E-state index in [1.54, 1.807) is 0 Å². The van der Waals surface area contributed by atoms with Crippen LogP contribution in [0.1, 0.15) is 13.3 Å². The van der Waals surface area contributed by atoms with Crippen LogP contribution in [0, 0.1) is 17.8 Å². The first kappa shape index (κ1) is 9.24. The molecule has 0 aromatic rings. The summed E-state index contributed by atoms with van der Waals surface area (Å²) in [5, 5.41) is 11.8. The summed E-state index contributed by atoms with van der Waals surface area (Å²) in [6, 6.07) is -0.208. The van der Waals surface area contributed by atoms with E-state index in [1.165, 1.54) is 6.92 Å². The van der Waals surface area contributed by atoms with Gasteiger partial charge in [0.15, 0.2) is 0 Å². The molecule has 2 aliphatic carbocycles. The number of rotatable bonds is 2. The van der Waals surface area contributed by atoms with E-state index in [0.29, 0.717) is 0 Å². The van der Waals surface area contributed by atoms with Crippen LogP contribution in [0.3, 0.4) is 0 Å². The quantitative estimate of drug-likeness (QED) is 0.627. The minimum atomic E-state index is -0.805. The highest BCUT2D eigenvalue weighted by atomic mass is 16.4. The first-order chi connectivity index (χ1) is 6.59. The molecule has 1 fully saturated rings. The van der Waals surface area contributed by atoms with Gasteiger partial charge in [0, 0.05) is 13.0 Å². The summed E-state index contributed by atoms with van der Waals surface area (Å²) in [4.78, 5) is 21.9. The Balaban J connectivity index is 2.18. The van der Waals surface area contributed by atoms with Gasteiger partial charge in [0.05, 0.1) is 5.92 Å². The Bertz CT molecular complexity index is 310. The van der Waals surface area contributed by atoms with Crippen LogP contribution in [0.25, 0.3) is 0 Å². The Hall–Kier alpha value is -1.32. The zero-order valence-electron chi connectivity index (χ0n) is 7.93. The lowest BCUT2D eigenvalue weighted by atomic mass is 9.89. The SMILES string of the molecule is CC(=O)N[C@@H]1C2C=CC(C2)[C@H]1C(=O)O. The molecule has 2 unspecified atom stereocenters. The normalized spacial score (nSPS) is 38.6. The maximum absolute atomic E-state index is 11.0. The average molecular weight is 195 g/mol. The molecule has 1 saturated carbocycles. The zero-order valence-corrected chi connectivity index (χ0v) is 7.93. The molecule has 2 rings (SSSR count). The van der Waals surface area contributed by atoms with Crippen molar-refractivity contribution in [1.29, 1.82) is 0 Å². The van der Waals surface area contributed by atoms with Crippen molar-refractivity contribution in [2.24, 2.45) is 17.8 Å². The Kier molecular flexibility index (Phi) is 2.06. The number of nitrogens with one attached hydrogen (secondary N) is 1. The van der Waals surface area contributed by atoms with Crippen molar-refractivity contribution < 1.29 is 14.7 Å². The molecule has 4 nitrogen and oxygen atoms in total. The van der Waals surface area contributed by atoms with Gasteiger partial charge in [0.25, 0.3) is 0 Å². The number of aliphatic carboxylic acids is 1. The van der Waals surface area contributed by atoms with E-state index in [9.17, 15) is 9.59 Å².